The lowest BCUT2D eigenvalue weighted by molar-refractivity contribution is -0.219. The van der Waals surface area contributed by atoms with Gasteiger partial charge in [0.15, 0.2) is 0 Å². The molecule has 286 valence electrons. The van der Waals surface area contributed by atoms with Gasteiger partial charge in [0.1, 0.15) is 0 Å². The largest absolute Gasteiger partial charge is 0.478 e. The van der Waals surface area contributed by atoms with Gasteiger partial charge < -0.3 is 10.4 Å². The van der Waals surface area contributed by atoms with Gasteiger partial charge in [-0.1, -0.05) is 65.0 Å². The van der Waals surface area contributed by atoms with E-state index in [1.807, 2.05) is 12.1 Å². The zero-order valence-electron chi connectivity index (χ0n) is 33.0. The van der Waals surface area contributed by atoms with Crippen LogP contribution in [0.3, 0.4) is 0 Å². The molecular weight excluding hydrogens is 667 g/mol. The highest BCUT2D eigenvalue weighted by Crippen LogP contribution is 2.76. The summed E-state index contributed by atoms with van der Waals surface area (Å²) in [5.74, 6) is 2.26. The first kappa shape index (κ1) is 36.9. The summed E-state index contributed by atoms with van der Waals surface area (Å²) in [6.07, 6.45) is 16.2. The number of piperazine rings is 1. The van der Waals surface area contributed by atoms with Crippen molar-refractivity contribution in [3.05, 3.63) is 53.6 Å². The Morgan fingerprint density at radius 1 is 0.923 bits per heavy atom. The van der Waals surface area contributed by atoms with E-state index >= 15 is 0 Å². The summed E-state index contributed by atoms with van der Waals surface area (Å²) >= 11 is 0. The third-order valence-corrected chi connectivity index (χ3v) is 18.9. The Kier molecular flexibility index (Phi) is 8.70. The number of nitrogens with zero attached hydrogens (tertiary/aromatic N) is 2. The van der Waals surface area contributed by atoms with Crippen LogP contribution in [0.15, 0.2) is 42.5 Å². The number of fused-ring (bicyclic) bond motifs is 9. The molecule has 2 unspecified atom stereocenters. The van der Waals surface area contributed by atoms with Gasteiger partial charge in [0.05, 0.1) is 11.8 Å². The molecule has 0 radical (unpaired) electrons. The van der Waals surface area contributed by atoms with Gasteiger partial charge in [-0.2, -0.15) is 4.31 Å². The molecule has 3 heterocycles. The third-order valence-electron chi connectivity index (χ3n) is 17.6. The Bertz CT molecular complexity index is 1760. The average molecular weight is 732 g/mol. The number of aromatic carboxylic acids is 1. The molecule has 4 saturated carbocycles. The van der Waals surface area contributed by atoms with Crippen molar-refractivity contribution in [2.45, 2.75) is 123 Å². The number of benzene rings is 1. The van der Waals surface area contributed by atoms with Crippen LogP contribution >= 0.6 is 0 Å². The summed E-state index contributed by atoms with van der Waals surface area (Å²) in [4.78, 5) is 14.1. The first-order valence-electron chi connectivity index (χ1n) is 20.5. The molecule has 8 heteroatoms. The normalized spacial score (nSPS) is 44.0. The van der Waals surface area contributed by atoms with Crippen LogP contribution in [0.25, 0.3) is 5.57 Å². The lowest BCUT2D eigenvalue weighted by Gasteiger charge is -2.72. The number of allylic oxidation sites excluding steroid dienone is 3. The molecule has 3 aliphatic heterocycles. The minimum Gasteiger partial charge on any atom is -0.478 e. The van der Waals surface area contributed by atoms with Gasteiger partial charge in [0, 0.05) is 43.8 Å². The predicted octanol–water partition coefficient (Wildman–Crippen LogP) is 8.10. The number of nitrogens with one attached hydrogen (secondary N) is 1. The molecule has 0 aromatic heterocycles. The van der Waals surface area contributed by atoms with Crippen molar-refractivity contribution in [2.24, 2.45) is 51.2 Å². The molecule has 5 aliphatic carbocycles. The van der Waals surface area contributed by atoms with E-state index in [1.165, 1.54) is 74.3 Å². The van der Waals surface area contributed by atoms with Gasteiger partial charge in [0.2, 0.25) is 10.0 Å². The van der Waals surface area contributed by atoms with Gasteiger partial charge in [-0.25, -0.2) is 13.2 Å². The van der Waals surface area contributed by atoms with Crippen molar-refractivity contribution in [1.82, 2.24) is 14.5 Å². The molecule has 9 rings (SSSR count). The fourth-order valence-electron chi connectivity index (χ4n) is 15.2. The Labute approximate surface area is 314 Å². The number of carboxylic acids is 1. The van der Waals surface area contributed by atoms with Crippen LogP contribution in [0.4, 0.5) is 0 Å². The highest BCUT2D eigenvalue weighted by atomic mass is 32.2. The maximum absolute atomic E-state index is 12.3. The Hall–Kier alpha value is -2.00. The smallest absolute Gasteiger partial charge is 0.335 e. The molecule has 0 spiro atoms. The zero-order valence-corrected chi connectivity index (χ0v) is 33.8. The van der Waals surface area contributed by atoms with Gasteiger partial charge in [-0.15, -0.1) is 0 Å². The second kappa shape index (κ2) is 12.2. The summed E-state index contributed by atoms with van der Waals surface area (Å²) in [6, 6.07) is 7.91. The van der Waals surface area contributed by atoms with Crippen molar-refractivity contribution >= 4 is 21.6 Å². The molecule has 0 amide bonds. The topological polar surface area (TPSA) is 90.0 Å². The lowest BCUT2D eigenvalue weighted by atomic mass is 9.33. The van der Waals surface area contributed by atoms with E-state index < -0.39 is 16.0 Å². The van der Waals surface area contributed by atoms with E-state index in [9.17, 15) is 18.3 Å². The maximum Gasteiger partial charge on any atom is 0.335 e. The number of piperidine rings is 1. The summed E-state index contributed by atoms with van der Waals surface area (Å²) in [5.41, 5.74) is 5.26. The van der Waals surface area contributed by atoms with Crippen LogP contribution < -0.4 is 5.32 Å². The average Bonchev–Trinajstić information content (AvgIpc) is 3.44. The van der Waals surface area contributed by atoms with E-state index in [-0.39, 0.29) is 39.3 Å². The molecule has 2 N–H and O–H groups in total. The second-order valence-electron chi connectivity index (χ2n) is 20.1. The Morgan fingerprint density at radius 2 is 1.62 bits per heavy atom. The van der Waals surface area contributed by atoms with Gasteiger partial charge >= 0.3 is 5.97 Å². The number of hydrogen-bond donors (Lipinski definition) is 2. The quantitative estimate of drug-likeness (QED) is 0.263. The first-order chi connectivity index (χ1) is 24.4. The summed E-state index contributed by atoms with van der Waals surface area (Å²) < 4.78 is 26.4. The predicted molar refractivity (Wildman–Crippen MR) is 209 cm³/mol. The number of rotatable bonds is 8. The van der Waals surface area contributed by atoms with Crippen LogP contribution in [0, 0.1) is 51.2 Å². The minimum atomic E-state index is -3.11. The molecule has 3 saturated heterocycles. The van der Waals surface area contributed by atoms with E-state index in [2.05, 4.69) is 64.4 Å². The monoisotopic (exact) mass is 731 g/mol. The number of carboxylic acid groups (broad SMARTS) is 1. The van der Waals surface area contributed by atoms with Crippen LogP contribution in [0.2, 0.25) is 0 Å². The molecule has 8 aliphatic rings. The van der Waals surface area contributed by atoms with Crippen molar-refractivity contribution < 1.29 is 18.3 Å². The standard InChI is InChI=1S/C44H65N3O4S/c1-28(2)33-15-20-44(45-23-24-46-26-31-25-32(27-46)47(31)52(8,50)51)22-21-42(6)35(38(33)44)13-14-37-41(5)18-16-34(29-9-11-30(12-10-29)39(48)49)40(3,4)36(41)17-19-43(37,42)7/h9-12,16,31-33,35-38,45H,1,13-15,17-27H2,2-8H3,(H,48,49)/t31?,32?,33-,35+,36-,37+,38+,41-,42+,43+,44-/m0/s1. The molecule has 1 aromatic carbocycles. The molecule has 2 bridgehead atoms. The number of sulfonamides is 1. The van der Waals surface area contributed by atoms with Crippen molar-refractivity contribution in [2.75, 3.05) is 32.4 Å². The highest BCUT2D eigenvalue weighted by molar-refractivity contribution is 7.88. The summed E-state index contributed by atoms with van der Waals surface area (Å²) in [5, 5.41) is 13.8. The minimum absolute atomic E-state index is 0.0108. The second-order valence-corrected chi connectivity index (χ2v) is 22.0. The molecular formula is C44H65N3O4S. The molecule has 11 atom stereocenters. The molecule has 52 heavy (non-hydrogen) atoms. The van der Waals surface area contributed by atoms with E-state index in [0.29, 0.717) is 35.2 Å². The van der Waals surface area contributed by atoms with E-state index in [1.54, 1.807) is 16.4 Å². The van der Waals surface area contributed by atoms with Crippen LogP contribution in [-0.4, -0.2) is 78.8 Å². The lowest BCUT2D eigenvalue weighted by Crippen LogP contribution is -2.70. The van der Waals surface area contributed by atoms with E-state index in [0.717, 1.165) is 39.0 Å². The molecule has 7 fully saturated rings. The van der Waals surface area contributed by atoms with Crippen molar-refractivity contribution in [3.8, 4) is 0 Å². The van der Waals surface area contributed by atoms with Crippen LogP contribution in [0.5, 0.6) is 0 Å². The molecule has 1 aromatic rings. The number of hydrogen-bond acceptors (Lipinski definition) is 5. The Morgan fingerprint density at radius 3 is 2.25 bits per heavy atom. The van der Waals surface area contributed by atoms with Gasteiger partial charge in [-0.05, 0) is 146 Å². The van der Waals surface area contributed by atoms with Gasteiger partial charge in [-0.3, -0.25) is 4.90 Å². The third kappa shape index (κ3) is 5.26. The van der Waals surface area contributed by atoms with Crippen LogP contribution in [-0.2, 0) is 10.0 Å². The Balaban J connectivity index is 1.03. The van der Waals surface area contributed by atoms with Crippen LogP contribution in [0.1, 0.15) is 122 Å². The fraction of sp³-hybridized carbons (Fsp3) is 0.750. The highest BCUT2D eigenvalue weighted by Gasteiger charge is 2.70. The van der Waals surface area contributed by atoms with Crippen molar-refractivity contribution in [1.29, 1.82) is 0 Å². The summed E-state index contributed by atoms with van der Waals surface area (Å²) in [7, 11) is -3.11. The fourth-order valence-corrected chi connectivity index (χ4v) is 16.6. The van der Waals surface area contributed by atoms with Crippen molar-refractivity contribution in [3.63, 3.8) is 0 Å². The first-order valence-corrected chi connectivity index (χ1v) is 22.4. The zero-order chi connectivity index (χ0) is 37.2. The number of carbonyl (C=O) groups is 1. The maximum atomic E-state index is 12.3. The SMILES string of the molecule is C=C(C)[C@@H]1CC[C@]2(NCCN3CC4CC(C3)N4S(C)(=O)=O)CC[C@]3(C)[C@H](CC[C@@H]4[C@@]5(C)CC=C(c6ccc(C(=O)O)cc6)C(C)(C)[C@@H]5CC[C@]43C)[C@@H]12. The molecule has 7 nitrogen and oxygen atoms in total. The van der Waals surface area contributed by atoms with Gasteiger partial charge in [0.25, 0.3) is 0 Å². The summed E-state index contributed by atoms with van der Waals surface area (Å²) in [6.45, 7) is 23.6. The van der Waals surface area contributed by atoms with E-state index in [4.69, 9.17) is 0 Å².